The lowest BCUT2D eigenvalue weighted by Crippen LogP contribution is -2.29. The molecule has 2 atom stereocenters. The van der Waals surface area contributed by atoms with Crippen LogP contribution in [-0.4, -0.2) is 18.9 Å². The number of rotatable bonds is 2. The number of benzene rings is 1. The fourth-order valence-corrected chi connectivity index (χ4v) is 3.70. The fourth-order valence-electron chi connectivity index (χ4n) is 1.80. The van der Waals surface area contributed by atoms with Crippen LogP contribution in [0.5, 0.6) is 5.75 Å². The maximum Gasteiger partial charge on any atom is 0.119 e. The van der Waals surface area contributed by atoms with Crippen molar-refractivity contribution >= 4 is 27.7 Å². The predicted octanol–water partition coefficient (Wildman–Crippen LogP) is 3.57. The van der Waals surface area contributed by atoms with E-state index in [2.05, 4.69) is 40.3 Å². The van der Waals surface area contributed by atoms with Crippen LogP contribution in [0.1, 0.15) is 24.3 Å². The SMILES string of the molecule is COc1ccc(Br)c(C2NCCC(C)S2)c1. The fraction of sp³-hybridized carbons (Fsp3) is 0.500. The maximum atomic E-state index is 5.27. The van der Waals surface area contributed by atoms with Gasteiger partial charge < -0.3 is 10.1 Å². The molecule has 1 N–H and O–H groups in total. The molecular formula is C12H16BrNOS. The van der Waals surface area contributed by atoms with E-state index < -0.39 is 0 Å². The molecule has 88 valence electrons. The van der Waals surface area contributed by atoms with E-state index in [1.807, 2.05) is 17.8 Å². The lowest BCUT2D eigenvalue weighted by atomic mass is 10.2. The first kappa shape index (κ1) is 12.3. The van der Waals surface area contributed by atoms with Crippen LogP contribution < -0.4 is 10.1 Å². The predicted molar refractivity (Wildman–Crippen MR) is 73.1 cm³/mol. The summed E-state index contributed by atoms with van der Waals surface area (Å²) in [5.74, 6) is 0.916. The van der Waals surface area contributed by atoms with Crippen molar-refractivity contribution in [3.05, 3.63) is 28.2 Å². The Labute approximate surface area is 109 Å². The number of methoxy groups -OCH3 is 1. The monoisotopic (exact) mass is 301 g/mol. The van der Waals surface area contributed by atoms with Gasteiger partial charge in [-0.3, -0.25) is 0 Å². The topological polar surface area (TPSA) is 21.3 Å². The largest absolute Gasteiger partial charge is 0.497 e. The van der Waals surface area contributed by atoms with Crippen molar-refractivity contribution in [1.29, 1.82) is 0 Å². The second kappa shape index (κ2) is 5.43. The summed E-state index contributed by atoms with van der Waals surface area (Å²) in [5.41, 5.74) is 1.27. The van der Waals surface area contributed by atoms with Crippen LogP contribution in [0.3, 0.4) is 0 Å². The van der Waals surface area contributed by atoms with Crippen molar-refractivity contribution in [3.8, 4) is 5.75 Å². The molecule has 1 fully saturated rings. The molecule has 0 aromatic heterocycles. The van der Waals surface area contributed by atoms with Gasteiger partial charge in [0, 0.05) is 9.72 Å². The van der Waals surface area contributed by atoms with Crippen LogP contribution in [0.25, 0.3) is 0 Å². The van der Waals surface area contributed by atoms with Crippen molar-refractivity contribution in [1.82, 2.24) is 5.32 Å². The molecule has 0 aliphatic carbocycles. The normalized spacial score (nSPS) is 25.4. The molecule has 0 saturated carbocycles. The van der Waals surface area contributed by atoms with E-state index in [4.69, 9.17) is 4.74 Å². The summed E-state index contributed by atoms with van der Waals surface area (Å²) in [5, 5.41) is 4.62. The Morgan fingerprint density at radius 3 is 3.00 bits per heavy atom. The summed E-state index contributed by atoms with van der Waals surface area (Å²) in [7, 11) is 1.71. The van der Waals surface area contributed by atoms with Crippen LogP contribution in [0.15, 0.2) is 22.7 Å². The molecule has 1 heterocycles. The summed E-state index contributed by atoms with van der Waals surface area (Å²) >= 11 is 5.58. The summed E-state index contributed by atoms with van der Waals surface area (Å²) in [4.78, 5) is 0. The van der Waals surface area contributed by atoms with Gasteiger partial charge in [-0.15, -0.1) is 11.8 Å². The summed E-state index contributed by atoms with van der Waals surface area (Å²) in [6, 6.07) is 6.13. The van der Waals surface area contributed by atoms with Crippen molar-refractivity contribution in [2.24, 2.45) is 0 Å². The highest BCUT2D eigenvalue weighted by molar-refractivity contribution is 9.10. The summed E-state index contributed by atoms with van der Waals surface area (Å²) in [6.45, 7) is 3.37. The van der Waals surface area contributed by atoms with E-state index in [0.717, 1.165) is 16.8 Å². The van der Waals surface area contributed by atoms with Crippen LogP contribution in [0.4, 0.5) is 0 Å². The van der Waals surface area contributed by atoms with Gasteiger partial charge >= 0.3 is 0 Å². The minimum atomic E-state index is 0.369. The van der Waals surface area contributed by atoms with E-state index in [-0.39, 0.29) is 0 Å². The minimum Gasteiger partial charge on any atom is -0.497 e. The molecule has 0 bridgehead atoms. The maximum absolute atomic E-state index is 5.27. The highest BCUT2D eigenvalue weighted by Crippen LogP contribution is 2.38. The second-order valence-electron chi connectivity index (χ2n) is 3.96. The minimum absolute atomic E-state index is 0.369. The second-order valence-corrected chi connectivity index (χ2v) is 6.36. The third kappa shape index (κ3) is 2.73. The van der Waals surface area contributed by atoms with Crippen molar-refractivity contribution in [2.75, 3.05) is 13.7 Å². The molecule has 16 heavy (non-hydrogen) atoms. The molecule has 4 heteroatoms. The van der Waals surface area contributed by atoms with Gasteiger partial charge in [0.05, 0.1) is 12.5 Å². The van der Waals surface area contributed by atoms with E-state index in [0.29, 0.717) is 10.6 Å². The smallest absolute Gasteiger partial charge is 0.119 e. The molecule has 1 aliphatic heterocycles. The molecule has 0 spiro atoms. The molecule has 1 aromatic carbocycles. The quantitative estimate of drug-likeness (QED) is 0.902. The lowest BCUT2D eigenvalue weighted by Gasteiger charge is -2.28. The summed E-state index contributed by atoms with van der Waals surface area (Å²) in [6.07, 6.45) is 1.24. The number of nitrogens with one attached hydrogen (secondary N) is 1. The zero-order valence-electron chi connectivity index (χ0n) is 9.50. The third-order valence-corrected chi connectivity index (χ3v) is 4.85. The Kier molecular flexibility index (Phi) is 4.16. The lowest BCUT2D eigenvalue weighted by molar-refractivity contribution is 0.413. The highest BCUT2D eigenvalue weighted by atomic mass is 79.9. The Morgan fingerprint density at radius 1 is 1.50 bits per heavy atom. The zero-order chi connectivity index (χ0) is 11.5. The van der Waals surface area contributed by atoms with E-state index in [9.17, 15) is 0 Å². The van der Waals surface area contributed by atoms with Gasteiger partial charge in [0.2, 0.25) is 0 Å². The van der Waals surface area contributed by atoms with Crippen molar-refractivity contribution in [3.63, 3.8) is 0 Å². The number of thioether (sulfide) groups is 1. The Bertz CT molecular complexity index is 372. The highest BCUT2D eigenvalue weighted by Gasteiger charge is 2.22. The Balaban J connectivity index is 2.24. The average molecular weight is 302 g/mol. The van der Waals surface area contributed by atoms with Gasteiger partial charge in [0.25, 0.3) is 0 Å². The molecular weight excluding hydrogens is 286 g/mol. The first-order chi connectivity index (χ1) is 7.70. The van der Waals surface area contributed by atoms with Crippen molar-refractivity contribution in [2.45, 2.75) is 24.0 Å². The molecule has 2 nitrogen and oxygen atoms in total. The van der Waals surface area contributed by atoms with Gasteiger partial charge in [0.1, 0.15) is 5.75 Å². The van der Waals surface area contributed by atoms with Crippen LogP contribution >= 0.6 is 27.7 Å². The van der Waals surface area contributed by atoms with Gasteiger partial charge in [-0.1, -0.05) is 22.9 Å². The Morgan fingerprint density at radius 2 is 2.31 bits per heavy atom. The first-order valence-electron chi connectivity index (χ1n) is 5.43. The van der Waals surface area contributed by atoms with Crippen LogP contribution in [0.2, 0.25) is 0 Å². The van der Waals surface area contributed by atoms with Crippen molar-refractivity contribution < 1.29 is 4.74 Å². The number of hydrogen-bond acceptors (Lipinski definition) is 3. The number of hydrogen-bond donors (Lipinski definition) is 1. The molecule has 2 unspecified atom stereocenters. The molecule has 0 radical (unpaired) electrons. The summed E-state index contributed by atoms with van der Waals surface area (Å²) < 4.78 is 6.42. The van der Waals surface area contributed by atoms with E-state index in [1.165, 1.54) is 12.0 Å². The third-order valence-electron chi connectivity index (χ3n) is 2.73. The van der Waals surface area contributed by atoms with Crippen LogP contribution in [-0.2, 0) is 0 Å². The van der Waals surface area contributed by atoms with Gasteiger partial charge in [-0.25, -0.2) is 0 Å². The van der Waals surface area contributed by atoms with Gasteiger partial charge in [-0.2, -0.15) is 0 Å². The van der Waals surface area contributed by atoms with E-state index >= 15 is 0 Å². The molecule has 1 saturated heterocycles. The van der Waals surface area contributed by atoms with Gasteiger partial charge in [0.15, 0.2) is 0 Å². The first-order valence-corrected chi connectivity index (χ1v) is 7.16. The number of ether oxygens (including phenoxy) is 1. The van der Waals surface area contributed by atoms with E-state index in [1.54, 1.807) is 7.11 Å². The zero-order valence-corrected chi connectivity index (χ0v) is 11.9. The number of halogens is 1. The van der Waals surface area contributed by atoms with Gasteiger partial charge in [-0.05, 0) is 36.7 Å². The Hall–Kier alpha value is -0.190. The standard InChI is InChI=1S/C12H16BrNOS/c1-8-5-6-14-12(16-8)10-7-9(15-2)3-4-11(10)13/h3-4,7-8,12,14H,5-6H2,1-2H3. The van der Waals surface area contributed by atoms with Crippen LogP contribution in [0, 0.1) is 0 Å². The molecule has 0 amide bonds. The molecule has 1 aliphatic rings. The molecule has 2 rings (SSSR count). The average Bonchev–Trinajstić information content (AvgIpc) is 2.30. The molecule has 1 aromatic rings.